The predicted octanol–water partition coefficient (Wildman–Crippen LogP) is 0.799. The summed E-state index contributed by atoms with van der Waals surface area (Å²) in [4.78, 5) is 11.6. The van der Waals surface area contributed by atoms with Crippen LogP contribution in [0.2, 0.25) is 0 Å². The minimum absolute atomic E-state index is 0.341. The van der Waals surface area contributed by atoms with Crippen LogP contribution in [-0.2, 0) is 7.05 Å². The standard InChI is InChI=1S/C12H15N3O3/c1-15-8-6-11(18-3)10(17-2)5-7(8)4-9(15)12(16)14-13/h4-6H,13H2,1-3H3,(H,14,16). The van der Waals surface area contributed by atoms with Crippen LogP contribution in [0.4, 0.5) is 0 Å². The number of hydrogen-bond donors (Lipinski definition) is 2. The van der Waals surface area contributed by atoms with E-state index in [1.54, 1.807) is 31.9 Å². The fraction of sp³-hybridized carbons (Fsp3) is 0.250. The lowest BCUT2D eigenvalue weighted by atomic mass is 10.2. The van der Waals surface area contributed by atoms with Crippen molar-refractivity contribution in [2.45, 2.75) is 0 Å². The molecular weight excluding hydrogens is 234 g/mol. The first-order valence-corrected chi connectivity index (χ1v) is 5.34. The molecule has 0 radical (unpaired) electrons. The van der Waals surface area contributed by atoms with E-state index in [-0.39, 0.29) is 5.91 Å². The number of rotatable bonds is 3. The second kappa shape index (κ2) is 4.58. The number of hydrogen-bond acceptors (Lipinski definition) is 4. The summed E-state index contributed by atoms with van der Waals surface area (Å²) in [6.45, 7) is 0. The molecule has 1 aromatic heterocycles. The zero-order chi connectivity index (χ0) is 13.3. The van der Waals surface area contributed by atoms with E-state index in [9.17, 15) is 4.79 Å². The van der Waals surface area contributed by atoms with Crippen LogP contribution < -0.4 is 20.7 Å². The van der Waals surface area contributed by atoms with E-state index in [2.05, 4.69) is 5.43 Å². The summed E-state index contributed by atoms with van der Waals surface area (Å²) < 4.78 is 12.2. The number of carbonyl (C=O) groups is 1. The second-order valence-corrected chi connectivity index (χ2v) is 3.83. The lowest BCUT2D eigenvalue weighted by molar-refractivity contribution is 0.0946. The molecule has 0 fully saturated rings. The summed E-state index contributed by atoms with van der Waals surface area (Å²) in [5.74, 6) is 6.04. The van der Waals surface area contributed by atoms with E-state index in [1.165, 1.54) is 0 Å². The van der Waals surface area contributed by atoms with Crippen LogP contribution in [0.15, 0.2) is 18.2 Å². The molecule has 3 N–H and O–H groups in total. The third kappa shape index (κ3) is 1.76. The largest absolute Gasteiger partial charge is 0.493 e. The molecule has 0 aliphatic rings. The molecule has 0 saturated carbocycles. The van der Waals surface area contributed by atoms with Gasteiger partial charge in [0.2, 0.25) is 0 Å². The van der Waals surface area contributed by atoms with Gasteiger partial charge in [0, 0.05) is 18.5 Å². The van der Waals surface area contributed by atoms with Crippen molar-refractivity contribution in [2.75, 3.05) is 14.2 Å². The Labute approximate surface area is 104 Å². The highest BCUT2D eigenvalue weighted by Crippen LogP contribution is 2.33. The molecule has 0 bridgehead atoms. The van der Waals surface area contributed by atoms with Crippen LogP contribution >= 0.6 is 0 Å². The van der Waals surface area contributed by atoms with Crippen LogP contribution in [0.25, 0.3) is 10.9 Å². The van der Waals surface area contributed by atoms with E-state index >= 15 is 0 Å². The van der Waals surface area contributed by atoms with E-state index in [4.69, 9.17) is 15.3 Å². The Morgan fingerprint density at radius 1 is 1.22 bits per heavy atom. The Kier molecular flexibility index (Phi) is 3.12. The second-order valence-electron chi connectivity index (χ2n) is 3.83. The number of nitrogens with one attached hydrogen (secondary N) is 1. The number of nitrogen functional groups attached to an aromatic ring is 1. The van der Waals surface area contributed by atoms with Crippen LogP contribution in [-0.4, -0.2) is 24.7 Å². The quantitative estimate of drug-likeness (QED) is 0.479. The number of nitrogens with zero attached hydrogens (tertiary/aromatic N) is 1. The van der Waals surface area contributed by atoms with Crippen LogP contribution in [0.5, 0.6) is 11.5 Å². The van der Waals surface area contributed by atoms with Crippen molar-refractivity contribution in [1.82, 2.24) is 9.99 Å². The molecule has 2 rings (SSSR count). The number of hydrazine groups is 1. The number of methoxy groups -OCH3 is 2. The van der Waals surface area contributed by atoms with Crippen molar-refractivity contribution in [3.05, 3.63) is 23.9 Å². The van der Waals surface area contributed by atoms with Crippen LogP contribution in [0, 0.1) is 0 Å². The maximum Gasteiger partial charge on any atom is 0.281 e. The fourth-order valence-electron chi connectivity index (χ4n) is 1.96. The number of benzene rings is 1. The van der Waals surface area contributed by atoms with Crippen LogP contribution in [0.3, 0.4) is 0 Å². The van der Waals surface area contributed by atoms with Crippen molar-refractivity contribution in [2.24, 2.45) is 12.9 Å². The molecule has 0 unspecified atom stereocenters. The number of nitrogens with two attached hydrogens (primary N) is 1. The molecule has 0 aliphatic heterocycles. The highest BCUT2D eigenvalue weighted by molar-refractivity contribution is 5.99. The number of ether oxygens (including phenoxy) is 2. The monoisotopic (exact) mass is 249 g/mol. The lowest BCUT2D eigenvalue weighted by Gasteiger charge is -2.08. The van der Waals surface area contributed by atoms with Gasteiger partial charge in [-0.05, 0) is 12.1 Å². The smallest absolute Gasteiger partial charge is 0.281 e. The third-order valence-electron chi connectivity index (χ3n) is 2.91. The highest BCUT2D eigenvalue weighted by Gasteiger charge is 2.15. The molecule has 1 amide bonds. The minimum Gasteiger partial charge on any atom is -0.493 e. The van der Waals surface area contributed by atoms with Crippen molar-refractivity contribution in [3.8, 4) is 11.5 Å². The van der Waals surface area contributed by atoms with Crippen molar-refractivity contribution in [1.29, 1.82) is 0 Å². The van der Waals surface area contributed by atoms with Gasteiger partial charge in [-0.3, -0.25) is 10.2 Å². The molecule has 6 heteroatoms. The zero-order valence-corrected chi connectivity index (χ0v) is 10.5. The van der Waals surface area contributed by atoms with Gasteiger partial charge < -0.3 is 14.0 Å². The molecule has 96 valence electrons. The normalized spacial score (nSPS) is 10.4. The van der Waals surface area contributed by atoms with Crippen molar-refractivity contribution >= 4 is 16.8 Å². The molecule has 6 nitrogen and oxygen atoms in total. The minimum atomic E-state index is -0.341. The summed E-state index contributed by atoms with van der Waals surface area (Å²) >= 11 is 0. The summed E-state index contributed by atoms with van der Waals surface area (Å²) in [6, 6.07) is 5.39. The van der Waals surface area contributed by atoms with Crippen molar-refractivity contribution < 1.29 is 14.3 Å². The Morgan fingerprint density at radius 2 is 1.83 bits per heavy atom. The predicted molar refractivity (Wildman–Crippen MR) is 67.7 cm³/mol. The summed E-state index contributed by atoms with van der Waals surface area (Å²) in [5, 5.41) is 0.883. The van der Waals surface area contributed by atoms with Crippen molar-refractivity contribution in [3.63, 3.8) is 0 Å². The average molecular weight is 249 g/mol. The van der Waals surface area contributed by atoms with Gasteiger partial charge in [0.1, 0.15) is 5.69 Å². The molecule has 18 heavy (non-hydrogen) atoms. The van der Waals surface area contributed by atoms with Gasteiger partial charge in [-0.15, -0.1) is 0 Å². The molecule has 0 aliphatic carbocycles. The SMILES string of the molecule is COc1cc2cc(C(=O)NN)n(C)c2cc1OC. The first kappa shape index (κ1) is 12.3. The van der Waals surface area contributed by atoms with E-state index in [0.29, 0.717) is 17.2 Å². The molecule has 2 aromatic rings. The fourth-order valence-corrected chi connectivity index (χ4v) is 1.96. The Morgan fingerprint density at radius 3 is 2.39 bits per heavy atom. The topological polar surface area (TPSA) is 78.5 Å². The summed E-state index contributed by atoms with van der Waals surface area (Å²) in [7, 11) is 4.93. The van der Waals surface area contributed by atoms with Gasteiger partial charge in [0.25, 0.3) is 5.91 Å². The van der Waals surface area contributed by atoms with E-state index < -0.39 is 0 Å². The number of carbonyl (C=O) groups excluding carboxylic acids is 1. The number of fused-ring (bicyclic) bond motifs is 1. The van der Waals surface area contributed by atoms with Gasteiger partial charge in [-0.25, -0.2) is 5.84 Å². The summed E-state index contributed by atoms with van der Waals surface area (Å²) in [6.07, 6.45) is 0. The van der Waals surface area contributed by atoms with E-state index in [0.717, 1.165) is 10.9 Å². The summed E-state index contributed by atoms with van der Waals surface area (Å²) in [5.41, 5.74) is 3.46. The van der Waals surface area contributed by atoms with Gasteiger partial charge in [0.15, 0.2) is 11.5 Å². The number of aryl methyl sites for hydroxylation is 1. The maximum atomic E-state index is 11.6. The molecular formula is C12H15N3O3. The molecule has 1 heterocycles. The zero-order valence-electron chi connectivity index (χ0n) is 10.5. The maximum absolute atomic E-state index is 11.6. The lowest BCUT2D eigenvalue weighted by Crippen LogP contribution is -2.31. The Hall–Kier alpha value is -2.21. The molecule has 0 atom stereocenters. The van der Waals surface area contributed by atoms with E-state index in [1.807, 2.05) is 12.1 Å². The molecule has 0 saturated heterocycles. The number of amides is 1. The number of aromatic nitrogens is 1. The highest BCUT2D eigenvalue weighted by atomic mass is 16.5. The average Bonchev–Trinajstić information content (AvgIpc) is 2.73. The van der Waals surface area contributed by atoms with Gasteiger partial charge in [-0.1, -0.05) is 0 Å². The van der Waals surface area contributed by atoms with Gasteiger partial charge in [-0.2, -0.15) is 0 Å². The third-order valence-corrected chi connectivity index (χ3v) is 2.91. The van der Waals surface area contributed by atoms with Gasteiger partial charge in [0.05, 0.1) is 19.7 Å². The molecule has 0 spiro atoms. The van der Waals surface area contributed by atoms with Crippen LogP contribution in [0.1, 0.15) is 10.5 Å². The first-order valence-electron chi connectivity index (χ1n) is 5.34. The van der Waals surface area contributed by atoms with Gasteiger partial charge >= 0.3 is 0 Å². The first-order chi connectivity index (χ1) is 8.62. The Bertz CT molecular complexity index is 604. The Balaban J connectivity index is 2.69. The molecule has 1 aromatic carbocycles.